The van der Waals surface area contributed by atoms with Gasteiger partial charge in [0.1, 0.15) is 5.76 Å². The minimum Gasteiger partial charge on any atom is -0.429 e. The monoisotopic (exact) mass is 322 g/mol. The molecular formula is C20H22N2O2. The second-order valence-corrected chi connectivity index (χ2v) is 7.36. The van der Waals surface area contributed by atoms with Gasteiger partial charge in [0.25, 0.3) is 0 Å². The Labute approximate surface area is 142 Å². The fraction of sp³-hybridized carbons (Fsp3) is 0.450. The lowest BCUT2D eigenvalue weighted by Gasteiger charge is -2.48. The first-order valence-corrected chi connectivity index (χ1v) is 8.84. The van der Waals surface area contributed by atoms with Crippen molar-refractivity contribution in [3.05, 3.63) is 52.9 Å². The third-order valence-electron chi connectivity index (χ3n) is 6.40. The minimum atomic E-state index is -0.222. The van der Waals surface area contributed by atoms with E-state index in [0.29, 0.717) is 6.04 Å². The molecule has 1 aromatic carbocycles. The highest BCUT2D eigenvalue weighted by Crippen LogP contribution is 2.61. The van der Waals surface area contributed by atoms with Gasteiger partial charge >= 0.3 is 5.97 Å². The molecule has 1 spiro atoms. The number of fused-ring (bicyclic) bond motifs is 2. The van der Waals surface area contributed by atoms with Crippen molar-refractivity contribution < 1.29 is 9.53 Å². The highest BCUT2D eigenvalue weighted by molar-refractivity contribution is 5.74. The smallest absolute Gasteiger partial charge is 0.307 e. The number of piperidine rings is 1. The molecule has 1 aliphatic carbocycles. The number of allylic oxidation sites excluding steroid dienone is 2. The second-order valence-electron chi connectivity index (χ2n) is 7.36. The van der Waals surface area contributed by atoms with Crippen LogP contribution < -0.4 is 5.32 Å². The first-order chi connectivity index (χ1) is 11.6. The van der Waals surface area contributed by atoms with Gasteiger partial charge in [0.15, 0.2) is 0 Å². The number of hydrogen-bond acceptors (Lipinski definition) is 4. The molecule has 0 saturated carbocycles. The highest BCUT2D eigenvalue weighted by Gasteiger charge is 2.61. The van der Waals surface area contributed by atoms with Gasteiger partial charge in [0.05, 0.1) is 11.1 Å². The van der Waals surface area contributed by atoms with Crippen molar-refractivity contribution in [3.63, 3.8) is 0 Å². The van der Waals surface area contributed by atoms with Crippen LogP contribution in [0.2, 0.25) is 0 Å². The summed E-state index contributed by atoms with van der Waals surface area (Å²) in [6.45, 7) is 5.70. The number of benzene rings is 1. The lowest BCUT2D eigenvalue weighted by Crippen LogP contribution is -2.53. The van der Waals surface area contributed by atoms with Crippen molar-refractivity contribution in [1.29, 1.82) is 0 Å². The zero-order valence-electron chi connectivity index (χ0n) is 14.1. The van der Waals surface area contributed by atoms with Gasteiger partial charge in [-0.1, -0.05) is 24.3 Å². The first kappa shape index (κ1) is 14.3. The molecule has 0 amide bonds. The molecule has 0 radical (unpaired) electrons. The Hall–Kier alpha value is -2.07. The molecule has 1 N–H and O–H groups in total. The molecule has 124 valence electrons. The molecule has 1 aromatic rings. The zero-order valence-corrected chi connectivity index (χ0v) is 14.1. The Morgan fingerprint density at radius 3 is 3.04 bits per heavy atom. The van der Waals surface area contributed by atoms with Crippen molar-refractivity contribution in [3.8, 4) is 0 Å². The van der Waals surface area contributed by atoms with E-state index < -0.39 is 0 Å². The van der Waals surface area contributed by atoms with E-state index in [4.69, 9.17) is 4.74 Å². The van der Waals surface area contributed by atoms with Gasteiger partial charge in [0.2, 0.25) is 0 Å². The van der Waals surface area contributed by atoms with Crippen LogP contribution in [0.1, 0.15) is 32.3 Å². The molecule has 0 aromatic heterocycles. The summed E-state index contributed by atoms with van der Waals surface area (Å²) in [7, 11) is 0. The van der Waals surface area contributed by atoms with Gasteiger partial charge in [0, 0.05) is 37.7 Å². The molecule has 4 heteroatoms. The zero-order chi connectivity index (χ0) is 16.5. The number of anilines is 1. The van der Waals surface area contributed by atoms with Gasteiger partial charge in [-0.05, 0) is 37.0 Å². The minimum absolute atomic E-state index is 0.0306. The second kappa shape index (κ2) is 4.73. The summed E-state index contributed by atoms with van der Waals surface area (Å²) < 4.78 is 5.82. The number of hydrogen-bond donors (Lipinski definition) is 1. The number of nitrogens with one attached hydrogen (secondary N) is 1. The quantitative estimate of drug-likeness (QED) is 0.637. The van der Waals surface area contributed by atoms with Crippen LogP contribution in [0.15, 0.2) is 47.4 Å². The average Bonchev–Trinajstić information content (AvgIpc) is 3.13. The molecule has 3 atom stereocenters. The van der Waals surface area contributed by atoms with Crippen LogP contribution in [0.4, 0.5) is 5.69 Å². The molecule has 5 rings (SSSR count). The lowest BCUT2D eigenvalue weighted by molar-refractivity contribution is -0.138. The maximum absolute atomic E-state index is 11.8. The number of nitrogens with zero attached hydrogens (tertiary/aromatic N) is 1. The summed E-state index contributed by atoms with van der Waals surface area (Å²) in [5, 5.41) is 3.63. The normalized spacial score (nSPS) is 34.8. The van der Waals surface area contributed by atoms with E-state index >= 15 is 0 Å². The third kappa shape index (κ3) is 1.59. The van der Waals surface area contributed by atoms with E-state index in [9.17, 15) is 4.79 Å². The summed E-state index contributed by atoms with van der Waals surface area (Å²) in [5.41, 5.74) is 5.04. The standard InChI is InChI=1S/C20H22N2O2/c1-3-13-11-22-9-8-20-15-6-4-5-7-16(15)21-19(20)18(24-12(2)23)14(13)10-17(20)22/h3-7,14,17,21H,8-11H2,1-2H3. The molecule has 4 nitrogen and oxygen atoms in total. The predicted octanol–water partition coefficient (Wildman–Crippen LogP) is 3.18. The Bertz CT molecular complexity index is 810. The third-order valence-corrected chi connectivity index (χ3v) is 6.40. The number of para-hydroxylation sites is 1. The van der Waals surface area contributed by atoms with E-state index in [1.54, 1.807) is 0 Å². The Morgan fingerprint density at radius 2 is 2.25 bits per heavy atom. The Balaban J connectivity index is 1.79. The molecule has 3 heterocycles. The number of carbonyl (C=O) groups is 1. The lowest BCUT2D eigenvalue weighted by atomic mass is 9.64. The Kier molecular flexibility index (Phi) is 2.82. The Morgan fingerprint density at radius 1 is 1.42 bits per heavy atom. The molecule has 2 fully saturated rings. The maximum atomic E-state index is 11.8. The number of carbonyl (C=O) groups excluding carboxylic acids is 1. The molecular weight excluding hydrogens is 300 g/mol. The van der Waals surface area contributed by atoms with Gasteiger partial charge in [-0.2, -0.15) is 0 Å². The van der Waals surface area contributed by atoms with Crippen LogP contribution in [0, 0.1) is 5.92 Å². The van der Waals surface area contributed by atoms with Crippen LogP contribution >= 0.6 is 0 Å². The SMILES string of the molecule is CC=C1CN2CCC34C(=C(OC(C)=O)C1CC23)Nc1ccccc14. The fourth-order valence-electron chi connectivity index (χ4n) is 5.48. The largest absolute Gasteiger partial charge is 0.429 e. The van der Waals surface area contributed by atoms with E-state index in [-0.39, 0.29) is 17.3 Å². The summed E-state index contributed by atoms with van der Waals surface area (Å²) in [6, 6.07) is 9.08. The topological polar surface area (TPSA) is 41.6 Å². The van der Waals surface area contributed by atoms with Gasteiger partial charge < -0.3 is 10.1 Å². The van der Waals surface area contributed by atoms with Crippen LogP contribution in [0.3, 0.4) is 0 Å². The van der Waals surface area contributed by atoms with E-state index in [1.807, 2.05) is 0 Å². The molecule has 4 aliphatic rings. The summed E-state index contributed by atoms with van der Waals surface area (Å²) >= 11 is 0. The van der Waals surface area contributed by atoms with Gasteiger partial charge in [-0.25, -0.2) is 0 Å². The van der Waals surface area contributed by atoms with Crippen LogP contribution in [-0.2, 0) is 14.9 Å². The summed E-state index contributed by atoms with van der Waals surface area (Å²) in [6.07, 6.45) is 4.34. The average molecular weight is 322 g/mol. The molecule has 3 unspecified atom stereocenters. The van der Waals surface area contributed by atoms with Crippen LogP contribution in [-0.4, -0.2) is 30.0 Å². The molecule has 3 aliphatic heterocycles. The highest BCUT2D eigenvalue weighted by atomic mass is 16.5. The first-order valence-electron chi connectivity index (χ1n) is 8.84. The van der Waals surface area contributed by atoms with Gasteiger partial charge in [-0.3, -0.25) is 9.69 Å². The molecule has 2 bridgehead atoms. The van der Waals surface area contributed by atoms with Gasteiger partial charge in [-0.15, -0.1) is 0 Å². The molecule has 24 heavy (non-hydrogen) atoms. The van der Waals surface area contributed by atoms with Crippen molar-refractivity contribution in [1.82, 2.24) is 4.90 Å². The fourth-order valence-corrected chi connectivity index (χ4v) is 5.48. The predicted molar refractivity (Wildman–Crippen MR) is 92.4 cm³/mol. The summed E-state index contributed by atoms with van der Waals surface area (Å²) in [5.74, 6) is 0.868. The molecule has 2 saturated heterocycles. The maximum Gasteiger partial charge on any atom is 0.307 e. The van der Waals surface area contributed by atoms with E-state index in [2.05, 4.69) is 47.5 Å². The van der Waals surface area contributed by atoms with Crippen molar-refractivity contribution in [2.75, 3.05) is 18.4 Å². The van der Waals surface area contributed by atoms with E-state index in [1.165, 1.54) is 23.7 Å². The number of ether oxygens (including phenoxy) is 1. The number of esters is 1. The number of rotatable bonds is 1. The summed E-state index contributed by atoms with van der Waals surface area (Å²) in [4.78, 5) is 14.4. The van der Waals surface area contributed by atoms with Crippen molar-refractivity contribution in [2.45, 2.75) is 38.1 Å². The van der Waals surface area contributed by atoms with E-state index in [0.717, 1.165) is 37.4 Å². The van der Waals surface area contributed by atoms with Crippen molar-refractivity contribution >= 4 is 11.7 Å². The van der Waals surface area contributed by atoms with Crippen molar-refractivity contribution in [2.24, 2.45) is 5.92 Å². The van der Waals surface area contributed by atoms with Crippen LogP contribution in [0.25, 0.3) is 0 Å². The van der Waals surface area contributed by atoms with Crippen LogP contribution in [0.5, 0.6) is 0 Å².